The zero-order valence-corrected chi connectivity index (χ0v) is 11.4. The molecule has 1 saturated heterocycles. The quantitative estimate of drug-likeness (QED) is 0.814. The van der Waals surface area contributed by atoms with Crippen LogP contribution in [0.5, 0.6) is 5.75 Å². The summed E-state index contributed by atoms with van der Waals surface area (Å²) in [6, 6.07) is 6.59. The zero-order valence-electron chi connectivity index (χ0n) is 10.6. The second-order valence-electron chi connectivity index (χ2n) is 4.64. The van der Waals surface area contributed by atoms with E-state index in [1.165, 1.54) is 19.1 Å². The highest BCUT2D eigenvalue weighted by Crippen LogP contribution is 2.16. The normalized spacial score (nSPS) is 16.9. The van der Waals surface area contributed by atoms with Crippen LogP contribution in [-0.4, -0.2) is 45.8 Å². The monoisotopic (exact) mass is 269 g/mol. The molecule has 0 amide bonds. The molecular weight excluding hydrogens is 250 g/mol. The largest absolute Gasteiger partial charge is 0.492 e. The van der Waals surface area contributed by atoms with Crippen molar-refractivity contribution in [1.29, 1.82) is 0 Å². The Morgan fingerprint density at radius 1 is 1.17 bits per heavy atom. The van der Waals surface area contributed by atoms with E-state index in [-0.39, 0.29) is 0 Å². The standard InChI is InChI=1S/C13H19NO3S/c1-18(15,16)13-6-4-12(5-7-13)17-11-10-14-8-2-3-9-14/h4-7H,2-3,8-11H2,1H3. The Morgan fingerprint density at radius 2 is 1.78 bits per heavy atom. The third-order valence-corrected chi connectivity index (χ3v) is 4.26. The van der Waals surface area contributed by atoms with E-state index in [9.17, 15) is 8.42 Å². The molecular formula is C13H19NO3S. The predicted molar refractivity (Wildman–Crippen MR) is 70.7 cm³/mol. The molecule has 0 atom stereocenters. The van der Waals surface area contributed by atoms with E-state index in [0.29, 0.717) is 11.5 Å². The SMILES string of the molecule is CS(=O)(=O)c1ccc(OCCN2CCCC2)cc1. The molecule has 0 unspecified atom stereocenters. The smallest absolute Gasteiger partial charge is 0.175 e. The number of ether oxygens (including phenoxy) is 1. The Bertz CT molecular complexity index is 475. The summed E-state index contributed by atoms with van der Waals surface area (Å²) in [5.41, 5.74) is 0. The number of sulfone groups is 1. The molecule has 100 valence electrons. The van der Waals surface area contributed by atoms with Crippen molar-refractivity contribution in [3.8, 4) is 5.75 Å². The molecule has 1 aromatic carbocycles. The number of benzene rings is 1. The summed E-state index contributed by atoms with van der Waals surface area (Å²) < 4.78 is 28.2. The van der Waals surface area contributed by atoms with Gasteiger partial charge in [0.1, 0.15) is 12.4 Å². The molecule has 4 nitrogen and oxygen atoms in total. The van der Waals surface area contributed by atoms with Gasteiger partial charge in [0.15, 0.2) is 9.84 Å². The van der Waals surface area contributed by atoms with Crippen LogP contribution in [0.3, 0.4) is 0 Å². The van der Waals surface area contributed by atoms with Crippen LogP contribution in [-0.2, 0) is 9.84 Å². The molecule has 1 aliphatic heterocycles. The number of hydrogen-bond donors (Lipinski definition) is 0. The minimum absolute atomic E-state index is 0.328. The maximum absolute atomic E-state index is 11.3. The molecule has 5 heteroatoms. The van der Waals surface area contributed by atoms with Crippen LogP contribution in [0.1, 0.15) is 12.8 Å². The van der Waals surface area contributed by atoms with Gasteiger partial charge in [0, 0.05) is 12.8 Å². The van der Waals surface area contributed by atoms with Gasteiger partial charge in [-0.3, -0.25) is 4.90 Å². The topological polar surface area (TPSA) is 46.6 Å². The lowest BCUT2D eigenvalue weighted by Crippen LogP contribution is -2.25. The number of hydrogen-bond acceptors (Lipinski definition) is 4. The van der Waals surface area contributed by atoms with Gasteiger partial charge in [-0.1, -0.05) is 0 Å². The summed E-state index contributed by atoms with van der Waals surface area (Å²) in [5, 5.41) is 0. The summed E-state index contributed by atoms with van der Waals surface area (Å²) in [6.45, 7) is 3.92. The van der Waals surface area contributed by atoms with Gasteiger partial charge in [-0.2, -0.15) is 0 Å². The minimum Gasteiger partial charge on any atom is -0.492 e. The number of likely N-dealkylation sites (tertiary alicyclic amines) is 1. The third-order valence-electron chi connectivity index (χ3n) is 3.13. The highest BCUT2D eigenvalue weighted by atomic mass is 32.2. The first-order valence-electron chi connectivity index (χ1n) is 6.21. The molecule has 0 spiro atoms. The second-order valence-corrected chi connectivity index (χ2v) is 6.66. The van der Waals surface area contributed by atoms with Crippen molar-refractivity contribution in [2.45, 2.75) is 17.7 Å². The summed E-state index contributed by atoms with van der Waals surface area (Å²) in [4.78, 5) is 2.71. The predicted octanol–water partition coefficient (Wildman–Crippen LogP) is 1.56. The molecule has 18 heavy (non-hydrogen) atoms. The average Bonchev–Trinajstić information content (AvgIpc) is 2.82. The Labute approximate surface area is 108 Å². The minimum atomic E-state index is -3.12. The van der Waals surface area contributed by atoms with Gasteiger partial charge >= 0.3 is 0 Å². The average molecular weight is 269 g/mol. The molecule has 0 aromatic heterocycles. The fourth-order valence-corrected chi connectivity index (χ4v) is 2.71. The van der Waals surface area contributed by atoms with E-state index < -0.39 is 9.84 Å². The van der Waals surface area contributed by atoms with Crippen LogP contribution < -0.4 is 4.74 Å². The van der Waals surface area contributed by atoms with Gasteiger partial charge in [-0.05, 0) is 50.2 Å². The van der Waals surface area contributed by atoms with Gasteiger partial charge < -0.3 is 4.74 Å². The summed E-state index contributed by atoms with van der Waals surface area (Å²) in [6.07, 6.45) is 3.77. The van der Waals surface area contributed by atoms with Crippen LogP contribution in [0.15, 0.2) is 29.2 Å². The summed E-state index contributed by atoms with van der Waals surface area (Å²) in [7, 11) is -3.12. The van der Waals surface area contributed by atoms with Gasteiger partial charge in [0.25, 0.3) is 0 Å². The second kappa shape index (κ2) is 5.71. The van der Waals surface area contributed by atoms with Crippen LogP contribution in [0, 0.1) is 0 Å². The van der Waals surface area contributed by atoms with Crippen molar-refractivity contribution in [2.24, 2.45) is 0 Å². The van der Waals surface area contributed by atoms with Crippen molar-refractivity contribution in [1.82, 2.24) is 4.90 Å². The molecule has 2 rings (SSSR count). The molecule has 1 aromatic rings. The lowest BCUT2D eigenvalue weighted by atomic mass is 10.3. The van der Waals surface area contributed by atoms with Crippen molar-refractivity contribution < 1.29 is 13.2 Å². The van der Waals surface area contributed by atoms with Crippen LogP contribution in [0.4, 0.5) is 0 Å². The molecule has 1 heterocycles. The lowest BCUT2D eigenvalue weighted by molar-refractivity contribution is 0.237. The Morgan fingerprint density at radius 3 is 2.33 bits per heavy atom. The first-order chi connectivity index (χ1) is 8.55. The van der Waals surface area contributed by atoms with E-state index in [1.807, 2.05) is 0 Å². The van der Waals surface area contributed by atoms with Crippen LogP contribution in [0.25, 0.3) is 0 Å². The highest BCUT2D eigenvalue weighted by molar-refractivity contribution is 7.90. The molecule has 0 saturated carbocycles. The first kappa shape index (κ1) is 13.4. The van der Waals surface area contributed by atoms with Crippen molar-refractivity contribution in [3.05, 3.63) is 24.3 Å². The van der Waals surface area contributed by atoms with Gasteiger partial charge in [-0.15, -0.1) is 0 Å². The lowest BCUT2D eigenvalue weighted by Gasteiger charge is -2.14. The van der Waals surface area contributed by atoms with Crippen molar-refractivity contribution in [2.75, 3.05) is 32.5 Å². The van der Waals surface area contributed by atoms with Gasteiger partial charge in [0.2, 0.25) is 0 Å². The summed E-state index contributed by atoms with van der Waals surface area (Å²) >= 11 is 0. The molecule has 1 fully saturated rings. The van der Waals surface area contributed by atoms with E-state index in [4.69, 9.17) is 4.74 Å². The van der Waals surface area contributed by atoms with Gasteiger partial charge in [0.05, 0.1) is 4.90 Å². The molecule has 0 radical (unpaired) electrons. The van der Waals surface area contributed by atoms with Gasteiger partial charge in [-0.25, -0.2) is 8.42 Å². The fourth-order valence-electron chi connectivity index (χ4n) is 2.08. The van der Waals surface area contributed by atoms with Crippen LogP contribution in [0.2, 0.25) is 0 Å². The Hall–Kier alpha value is -1.07. The molecule has 0 aliphatic carbocycles. The Balaban J connectivity index is 1.83. The first-order valence-corrected chi connectivity index (χ1v) is 8.10. The maximum Gasteiger partial charge on any atom is 0.175 e. The van der Waals surface area contributed by atoms with E-state index in [1.54, 1.807) is 24.3 Å². The van der Waals surface area contributed by atoms with E-state index in [2.05, 4.69) is 4.90 Å². The van der Waals surface area contributed by atoms with E-state index >= 15 is 0 Å². The zero-order chi connectivity index (χ0) is 13.0. The molecule has 1 aliphatic rings. The summed E-state index contributed by atoms with van der Waals surface area (Å²) in [5.74, 6) is 0.724. The fraction of sp³-hybridized carbons (Fsp3) is 0.538. The third kappa shape index (κ3) is 3.71. The number of rotatable bonds is 5. The van der Waals surface area contributed by atoms with Crippen molar-refractivity contribution in [3.63, 3.8) is 0 Å². The molecule has 0 bridgehead atoms. The maximum atomic E-state index is 11.3. The van der Waals surface area contributed by atoms with Crippen molar-refractivity contribution >= 4 is 9.84 Å². The highest BCUT2D eigenvalue weighted by Gasteiger charge is 2.11. The number of nitrogens with zero attached hydrogens (tertiary/aromatic N) is 1. The van der Waals surface area contributed by atoms with E-state index in [0.717, 1.165) is 25.4 Å². The molecule has 0 N–H and O–H groups in total. The Kier molecular flexibility index (Phi) is 4.24. The van der Waals surface area contributed by atoms with Crippen LogP contribution >= 0.6 is 0 Å².